The maximum absolute atomic E-state index is 12.6. The van der Waals surface area contributed by atoms with Crippen LogP contribution in [0.25, 0.3) is 11.3 Å². The van der Waals surface area contributed by atoms with Crippen LogP contribution in [0.3, 0.4) is 0 Å². The maximum Gasteiger partial charge on any atom is 0.293 e. The van der Waals surface area contributed by atoms with E-state index in [1.807, 2.05) is 54.3 Å². The number of hydrogen-bond acceptors (Lipinski definition) is 7. The van der Waals surface area contributed by atoms with Gasteiger partial charge in [-0.1, -0.05) is 12.1 Å². The van der Waals surface area contributed by atoms with Crippen molar-refractivity contribution in [2.24, 2.45) is 7.05 Å². The zero-order chi connectivity index (χ0) is 22.2. The summed E-state index contributed by atoms with van der Waals surface area (Å²) in [5, 5.41) is 3.11. The number of benzene rings is 2. The monoisotopic (exact) mass is 439 g/mol. The van der Waals surface area contributed by atoms with Crippen LogP contribution in [0.4, 0.5) is 22.9 Å². The van der Waals surface area contributed by atoms with Crippen molar-refractivity contribution in [1.29, 1.82) is 0 Å². The van der Waals surface area contributed by atoms with Crippen LogP contribution < -0.4 is 21.5 Å². The predicted molar refractivity (Wildman–Crippen MR) is 125 cm³/mol. The van der Waals surface area contributed by atoms with E-state index in [9.17, 15) is 13.2 Å². The van der Waals surface area contributed by atoms with E-state index in [2.05, 4.69) is 10.3 Å². The highest BCUT2D eigenvalue weighted by Gasteiger charge is 2.21. The minimum absolute atomic E-state index is 0.170. The molecule has 9 heteroatoms. The number of nitrogens with one attached hydrogen (secondary N) is 1. The molecule has 162 valence electrons. The largest absolute Gasteiger partial charge is 0.398 e. The van der Waals surface area contributed by atoms with E-state index in [1.54, 1.807) is 13.2 Å². The van der Waals surface area contributed by atoms with Gasteiger partial charge in [-0.05, 0) is 42.8 Å². The third-order valence-electron chi connectivity index (χ3n) is 5.56. The lowest BCUT2D eigenvalue weighted by Crippen LogP contribution is -2.40. The third kappa shape index (κ3) is 4.41. The highest BCUT2D eigenvalue weighted by atomic mass is 32.2. The van der Waals surface area contributed by atoms with E-state index in [4.69, 9.17) is 5.73 Å². The van der Waals surface area contributed by atoms with Crippen LogP contribution in [0.5, 0.6) is 0 Å². The Morgan fingerprint density at radius 2 is 1.74 bits per heavy atom. The zero-order valence-electron chi connectivity index (χ0n) is 17.5. The van der Waals surface area contributed by atoms with E-state index < -0.39 is 9.84 Å². The Hall–Kier alpha value is -3.33. The molecule has 2 heterocycles. The second-order valence-electron chi connectivity index (χ2n) is 7.72. The summed E-state index contributed by atoms with van der Waals surface area (Å²) >= 11 is 0. The molecule has 0 amide bonds. The molecule has 0 atom stereocenters. The molecule has 1 aliphatic heterocycles. The van der Waals surface area contributed by atoms with Crippen LogP contribution in [0.1, 0.15) is 5.56 Å². The Bertz CT molecular complexity index is 1270. The number of nitrogen functional groups attached to an aromatic ring is 1. The highest BCUT2D eigenvalue weighted by Crippen LogP contribution is 2.26. The van der Waals surface area contributed by atoms with Crippen LogP contribution in [0.2, 0.25) is 0 Å². The molecule has 31 heavy (non-hydrogen) atoms. The number of nitrogens with two attached hydrogens (primary N) is 1. The minimum Gasteiger partial charge on any atom is -0.398 e. The smallest absolute Gasteiger partial charge is 0.293 e. The van der Waals surface area contributed by atoms with Gasteiger partial charge in [0.25, 0.3) is 5.56 Å². The van der Waals surface area contributed by atoms with Crippen LogP contribution in [0.15, 0.2) is 53.5 Å². The summed E-state index contributed by atoms with van der Waals surface area (Å²) in [6.45, 7) is 2.90. The van der Waals surface area contributed by atoms with Crippen LogP contribution in [-0.4, -0.2) is 42.6 Å². The Morgan fingerprint density at radius 3 is 2.42 bits per heavy atom. The molecule has 1 aliphatic rings. The zero-order valence-corrected chi connectivity index (χ0v) is 18.3. The number of nitrogens with zero attached hydrogens (tertiary/aromatic N) is 3. The molecule has 0 unspecified atom stereocenters. The fraction of sp³-hybridized carbons (Fsp3) is 0.273. The first-order valence-corrected chi connectivity index (χ1v) is 11.8. The predicted octanol–water partition coefficient (Wildman–Crippen LogP) is 2.32. The first-order valence-electron chi connectivity index (χ1n) is 9.99. The fourth-order valence-corrected chi connectivity index (χ4v) is 4.81. The molecule has 8 nitrogen and oxygen atoms in total. The van der Waals surface area contributed by atoms with Crippen molar-refractivity contribution in [2.75, 3.05) is 40.5 Å². The normalized spacial score (nSPS) is 15.6. The molecule has 0 aliphatic carbocycles. The molecular weight excluding hydrogens is 414 g/mol. The Labute approximate surface area is 181 Å². The summed E-state index contributed by atoms with van der Waals surface area (Å²) < 4.78 is 24.8. The van der Waals surface area contributed by atoms with E-state index >= 15 is 0 Å². The van der Waals surface area contributed by atoms with Gasteiger partial charge in [-0.15, -0.1) is 0 Å². The van der Waals surface area contributed by atoms with Gasteiger partial charge >= 0.3 is 0 Å². The molecule has 3 aromatic rings. The lowest BCUT2D eigenvalue weighted by molar-refractivity contribution is 0.587. The number of anilines is 4. The lowest BCUT2D eigenvalue weighted by atomic mass is 10.0. The van der Waals surface area contributed by atoms with E-state index in [0.717, 1.165) is 22.5 Å². The van der Waals surface area contributed by atoms with Gasteiger partial charge in [-0.25, -0.2) is 13.4 Å². The average Bonchev–Trinajstić information content (AvgIpc) is 2.74. The molecule has 3 N–H and O–H groups in total. The van der Waals surface area contributed by atoms with Gasteiger partial charge in [0, 0.05) is 49.0 Å². The molecular formula is C22H25N5O3S. The van der Waals surface area contributed by atoms with Gasteiger partial charge in [0.1, 0.15) is 0 Å². The van der Waals surface area contributed by atoms with Crippen molar-refractivity contribution in [1.82, 2.24) is 9.55 Å². The van der Waals surface area contributed by atoms with E-state index in [0.29, 0.717) is 24.5 Å². The Kier molecular flexibility index (Phi) is 5.45. The molecule has 0 spiro atoms. The standard InChI is InChI=1S/C22H25N5O3S/c1-15-18(4-3-5-19(15)23)20-14-26(2)22(28)21(25-20)24-16-6-8-17(9-7-16)27-10-12-31(29,30)13-11-27/h3-9,14H,10-13,23H2,1-2H3,(H,24,25). The van der Waals surface area contributed by atoms with Gasteiger partial charge in [-0.3, -0.25) is 4.79 Å². The molecule has 1 fully saturated rings. The Balaban J connectivity index is 1.59. The number of rotatable bonds is 4. The SMILES string of the molecule is Cc1c(N)cccc1-c1cn(C)c(=O)c(Nc2ccc(N3CCS(=O)(=O)CC3)cc2)n1. The minimum atomic E-state index is -2.92. The number of hydrogen-bond donors (Lipinski definition) is 2. The third-order valence-corrected chi connectivity index (χ3v) is 7.17. The topological polar surface area (TPSA) is 110 Å². The Morgan fingerprint density at radius 1 is 1.06 bits per heavy atom. The maximum atomic E-state index is 12.6. The number of aryl methyl sites for hydroxylation is 1. The summed E-state index contributed by atoms with van der Waals surface area (Å²) in [6, 6.07) is 13.2. The first kappa shape index (κ1) is 20.9. The average molecular weight is 440 g/mol. The van der Waals surface area contributed by atoms with Crippen LogP contribution >= 0.6 is 0 Å². The van der Waals surface area contributed by atoms with Gasteiger partial charge in [0.15, 0.2) is 15.7 Å². The quantitative estimate of drug-likeness (QED) is 0.600. The van der Waals surface area contributed by atoms with Crippen molar-refractivity contribution in [3.63, 3.8) is 0 Å². The first-order chi connectivity index (χ1) is 14.7. The molecule has 0 radical (unpaired) electrons. The summed E-state index contributed by atoms with van der Waals surface area (Å²) in [6.07, 6.45) is 1.70. The number of sulfone groups is 1. The van der Waals surface area contributed by atoms with Crippen molar-refractivity contribution >= 4 is 32.7 Å². The van der Waals surface area contributed by atoms with Crippen molar-refractivity contribution in [2.45, 2.75) is 6.92 Å². The van der Waals surface area contributed by atoms with Crippen molar-refractivity contribution < 1.29 is 8.42 Å². The molecule has 4 rings (SSSR count). The van der Waals surface area contributed by atoms with Gasteiger partial charge in [0.05, 0.1) is 17.2 Å². The molecule has 1 aromatic heterocycles. The molecule has 2 aromatic carbocycles. The van der Waals surface area contributed by atoms with Gasteiger partial charge in [-0.2, -0.15) is 0 Å². The van der Waals surface area contributed by atoms with E-state index in [-0.39, 0.29) is 22.9 Å². The molecule has 1 saturated heterocycles. The summed E-state index contributed by atoms with van der Waals surface area (Å²) in [4.78, 5) is 19.2. The van der Waals surface area contributed by atoms with Gasteiger partial charge in [0.2, 0.25) is 0 Å². The highest BCUT2D eigenvalue weighted by molar-refractivity contribution is 7.91. The number of aromatic nitrogens is 2. The second-order valence-corrected chi connectivity index (χ2v) is 10.0. The summed E-state index contributed by atoms with van der Waals surface area (Å²) in [5.41, 5.74) is 10.6. The lowest BCUT2D eigenvalue weighted by Gasteiger charge is -2.28. The summed E-state index contributed by atoms with van der Waals surface area (Å²) in [5.74, 6) is 0.561. The van der Waals surface area contributed by atoms with Gasteiger partial charge < -0.3 is 20.5 Å². The van der Waals surface area contributed by atoms with Crippen molar-refractivity contribution in [3.05, 3.63) is 64.6 Å². The summed E-state index contributed by atoms with van der Waals surface area (Å²) in [7, 11) is -1.23. The molecule has 0 saturated carbocycles. The fourth-order valence-electron chi connectivity index (χ4n) is 3.61. The van der Waals surface area contributed by atoms with Crippen molar-refractivity contribution in [3.8, 4) is 11.3 Å². The molecule has 0 bridgehead atoms. The van der Waals surface area contributed by atoms with E-state index in [1.165, 1.54) is 4.57 Å². The second kappa shape index (κ2) is 8.07. The van der Waals surface area contributed by atoms with Crippen LogP contribution in [0, 0.1) is 6.92 Å². The van der Waals surface area contributed by atoms with Crippen LogP contribution in [-0.2, 0) is 16.9 Å².